The van der Waals surface area contributed by atoms with Gasteiger partial charge in [-0.15, -0.1) is 0 Å². The van der Waals surface area contributed by atoms with Crippen LogP contribution in [0.15, 0.2) is 67.0 Å². The number of rotatable bonds is 6. The summed E-state index contributed by atoms with van der Waals surface area (Å²) in [6.07, 6.45) is 5.00. The predicted octanol–water partition coefficient (Wildman–Crippen LogP) is 4.01. The Labute approximate surface area is 182 Å². The normalized spacial score (nSPS) is 14.4. The van der Waals surface area contributed by atoms with Crippen LogP contribution in [0, 0.1) is 5.92 Å². The molecular weight excluding hydrogens is 390 g/mol. The van der Waals surface area contributed by atoms with E-state index in [0.717, 1.165) is 16.7 Å². The number of hydrogen-bond donors (Lipinski definition) is 0. The van der Waals surface area contributed by atoms with Gasteiger partial charge in [-0.2, -0.15) is 5.10 Å². The van der Waals surface area contributed by atoms with Gasteiger partial charge in [0.2, 0.25) is 0 Å². The number of likely N-dealkylation sites (tertiary alicyclic amines) is 1. The van der Waals surface area contributed by atoms with Crippen molar-refractivity contribution in [3.63, 3.8) is 0 Å². The summed E-state index contributed by atoms with van der Waals surface area (Å²) in [5.74, 6) is -0.245. The van der Waals surface area contributed by atoms with Gasteiger partial charge in [0.15, 0.2) is 0 Å². The molecule has 1 aliphatic rings. The quantitative estimate of drug-likeness (QED) is 0.569. The first-order chi connectivity index (χ1) is 15.2. The number of hydrogen-bond acceptors (Lipinski definition) is 4. The largest absolute Gasteiger partial charge is 0.466 e. The van der Waals surface area contributed by atoms with E-state index in [2.05, 4.69) is 29.4 Å². The first-order valence-corrected chi connectivity index (χ1v) is 10.8. The van der Waals surface area contributed by atoms with Crippen LogP contribution in [0.3, 0.4) is 0 Å². The summed E-state index contributed by atoms with van der Waals surface area (Å²) in [5, 5.41) is 4.25. The predicted molar refractivity (Wildman–Crippen MR) is 118 cm³/mol. The zero-order valence-electron chi connectivity index (χ0n) is 17.7. The third-order valence-corrected chi connectivity index (χ3v) is 5.73. The van der Waals surface area contributed by atoms with Gasteiger partial charge in [0, 0.05) is 31.0 Å². The van der Waals surface area contributed by atoms with E-state index in [0.29, 0.717) is 44.6 Å². The molecule has 0 N–H and O–H groups in total. The second-order valence-electron chi connectivity index (χ2n) is 7.76. The van der Waals surface area contributed by atoms with Gasteiger partial charge in [0.05, 0.1) is 19.1 Å². The van der Waals surface area contributed by atoms with Crippen LogP contribution in [0.25, 0.3) is 11.1 Å². The maximum absolute atomic E-state index is 13.3. The van der Waals surface area contributed by atoms with Crippen molar-refractivity contribution in [3.05, 3.63) is 78.1 Å². The minimum absolute atomic E-state index is 0.0125. The Bertz CT molecular complexity index is 1020. The van der Waals surface area contributed by atoms with Gasteiger partial charge in [-0.05, 0) is 48.6 Å². The highest BCUT2D eigenvalue weighted by molar-refractivity contribution is 6.01. The zero-order valence-corrected chi connectivity index (χ0v) is 17.7. The second kappa shape index (κ2) is 9.60. The Hall–Kier alpha value is -3.41. The van der Waals surface area contributed by atoms with Crippen molar-refractivity contribution >= 4 is 11.9 Å². The summed E-state index contributed by atoms with van der Waals surface area (Å²) >= 11 is 0. The molecule has 31 heavy (non-hydrogen) atoms. The number of carbonyl (C=O) groups is 2. The van der Waals surface area contributed by atoms with Crippen LogP contribution in [0.5, 0.6) is 0 Å². The molecule has 1 amide bonds. The maximum Gasteiger partial charge on any atom is 0.309 e. The number of ether oxygens (including phenoxy) is 1. The molecular formula is C25H27N3O3. The molecule has 0 saturated carbocycles. The fraction of sp³-hybridized carbons (Fsp3) is 0.320. The number of carbonyl (C=O) groups excluding carboxylic acids is 2. The molecule has 2 aromatic carbocycles. The lowest BCUT2D eigenvalue weighted by Crippen LogP contribution is -2.40. The highest BCUT2D eigenvalue weighted by atomic mass is 16.5. The average molecular weight is 418 g/mol. The molecule has 160 valence electrons. The summed E-state index contributed by atoms with van der Waals surface area (Å²) in [6, 6.07) is 17.9. The van der Waals surface area contributed by atoms with Crippen LogP contribution in [0.2, 0.25) is 0 Å². The van der Waals surface area contributed by atoms with Gasteiger partial charge in [0.1, 0.15) is 0 Å². The van der Waals surface area contributed by atoms with E-state index in [1.807, 2.05) is 53.0 Å². The van der Waals surface area contributed by atoms with Gasteiger partial charge >= 0.3 is 5.97 Å². The van der Waals surface area contributed by atoms with E-state index in [1.165, 1.54) is 0 Å². The summed E-state index contributed by atoms with van der Waals surface area (Å²) in [7, 11) is 0. The SMILES string of the molecule is CCOC(=O)C1CCN(C(=O)c2ccccc2-c2ccc(Cn3cccn3)cc2)CC1. The molecule has 0 atom stereocenters. The van der Waals surface area contributed by atoms with Crippen molar-refractivity contribution in [2.45, 2.75) is 26.3 Å². The molecule has 6 heteroatoms. The van der Waals surface area contributed by atoms with Crippen molar-refractivity contribution in [1.29, 1.82) is 0 Å². The van der Waals surface area contributed by atoms with Crippen molar-refractivity contribution < 1.29 is 14.3 Å². The standard InChI is InChI=1S/C25H27N3O3/c1-2-31-25(30)21-12-16-27(17-13-21)24(29)23-7-4-3-6-22(23)20-10-8-19(9-11-20)18-28-15-5-14-26-28/h3-11,14-15,21H,2,12-13,16-18H2,1H3. The third-order valence-electron chi connectivity index (χ3n) is 5.73. The van der Waals surface area contributed by atoms with Crippen LogP contribution < -0.4 is 0 Å². The molecule has 1 aliphatic heterocycles. The minimum atomic E-state index is -0.148. The lowest BCUT2D eigenvalue weighted by Gasteiger charge is -2.31. The summed E-state index contributed by atoms with van der Waals surface area (Å²) in [5.41, 5.74) is 3.77. The minimum Gasteiger partial charge on any atom is -0.466 e. The van der Waals surface area contributed by atoms with Gasteiger partial charge in [-0.3, -0.25) is 14.3 Å². The maximum atomic E-state index is 13.3. The highest BCUT2D eigenvalue weighted by Crippen LogP contribution is 2.27. The number of benzene rings is 2. The number of esters is 1. The monoisotopic (exact) mass is 417 g/mol. The fourth-order valence-electron chi connectivity index (χ4n) is 4.04. The molecule has 2 heterocycles. The molecule has 3 aromatic rings. The van der Waals surface area contributed by atoms with E-state index in [1.54, 1.807) is 6.20 Å². The van der Waals surface area contributed by atoms with E-state index in [9.17, 15) is 9.59 Å². The molecule has 1 fully saturated rings. The van der Waals surface area contributed by atoms with Crippen LogP contribution in [-0.4, -0.2) is 46.3 Å². The van der Waals surface area contributed by atoms with E-state index >= 15 is 0 Å². The topological polar surface area (TPSA) is 64.4 Å². The van der Waals surface area contributed by atoms with Crippen LogP contribution in [0.4, 0.5) is 0 Å². The Morgan fingerprint density at radius 2 is 1.77 bits per heavy atom. The third kappa shape index (κ3) is 4.85. The van der Waals surface area contributed by atoms with Gasteiger partial charge in [-0.1, -0.05) is 42.5 Å². The summed E-state index contributed by atoms with van der Waals surface area (Å²) in [4.78, 5) is 27.1. The van der Waals surface area contributed by atoms with Crippen LogP contribution in [0.1, 0.15) is 35.7 Å². The van der Waals surface area contributed by atoms with Gasteiger partial charge in [0.25, 0.3) is 5.91 Å². The molecule has 0 unspecified atom stereocenters. The highest BCUT2D eigenvalue weighted by Gasteiger charge is 2.29. The smallest absolute Gasteiger partial charge is 0.309 e. The van der Waals surface area contributed by atoms with E-state index in [4.69, 9.17) is 4.74 Å². The lowest BCUT2D eigenvalue weighted by molar-refractivity contribution is -0.149. The van der Waals surface area contributed by atoms with Crippen molar-refractivity contribution in [1.82, 2.24) is 14.7 Å². The number of amides is 1. The molecule has 0 aliphatic carbocycles. The Morgan fingerprint density at radius 3 is 2.45 bits per heavy atom. The van der Waals surface area contributed by atoms with Gasteiger partial charge < -0.3 is 9.64 Å². The fourth-order valence-corrected chi connectivity index (χ4v) is 4.04. The molecule has 1 aromatic heterocycles. The second-order valence-corrected chi connectivity index (χ2v) is 7.76. The molecule has 4 rings (SSSR count). The first kappa shape index (κ1) is 20.8. The van der Waals surface area contributed by atoms with Crippen molar-refractivity contribution in [3.8, 4) is 11.1 Å². The van der Waals surface area contributed by atoms with E-state index in [-0.39, 0.29) is 17.8 Å². The molecule has 0 bridgehead atoms. The van der Waals surface area contributed by atoms with Crippen molar-refractivity contribution in [2.24, 2.45) is 5.92 Å². The Kier molecular flexibility index (Phi) is 6.46. The van der Waals surface area contributed by atoms with E-state index < -0.39 is 0 Å². The first-order valence-electron chi connectivity index (χ1n) is 10.8. The number of aromatic nitrogens is 2. The molecule has 0 spiro atoms. The van der Waals surface area contributed by atoms with Crippen LogP contribution in [-0.2, 0) is 16.1 Å². The molecule has 1 saturated heterocycles. The van der Waals surface area contributed by atoms with Gasteiger partial charge in [-0.25, -0.2) is 0 Å². The van der Waals surface area contributed by atoms with Crippen LogP contribution >= 0.6 is 0 Å². The number of nitrogens with zero attached hydrogens (tertiary/aromatic N) is 3. The lowest BCUT2D eigenvalue weighted by atomic mass is 9.94. The average Bonchev–Trinajstić information content (AvgIpc) is 3.32. The number of piperidine rings is 1. The molecule has 6 nitrogen and oxygen atoms in total. The zero-order chi connectivity index (χ0) is 21.6. The van der Waals surface area contributed by atoms with Crippen molar-refractivity contribution in [2.75, 3.05) is 19.7 Å². The Morgan fingerprint density at radius 1 is 1.03 bits per heavy atom. The Balaban J connectivity index is 1.47. The summed E-state index contributed by atoms with van der Waals surface area (Å²) < 4.78 is 7.01. The summed E-state index contributed by atoms with van der Waals surface area (Å²) in [6.45, 7) is 4.06. The molecule has 0 radical (unpaired) electrons.